The Balaban J connectivity index is 4.49. The van der Waals surface area contributed by atoms with Gasteiger partial charge in [-0.15, -0.1) is 46.4 Å². The number of halogens is 4. The topological polar surface area (TPSA) is 27.7 Å². The molecule has 7 heteroatoms. The molecule has 0 saturated carbocycles. The van der Waals surface area contributed by atoms with Crippen LogP contribution in [0, 0.1) is 11.8 Å². The fourth-order valence-corrected chi connectivity index (χ4v) is 2.47. The molecule has 0 saturated heterocycles. The van der Waals surface area contributed by atoms with E-state index < -0.39 is 12.6 Å². The van der Waals surface area contributed by atoms with Crippen LogP contribution in [0.15, 0.2) is 0 Å². The highest BCUT2D eigenvalue weighted by Gasteiger charge is 2.28. The summed E-state index contributed by atoms with van der Waals surface area (Å²) in [5.74, 6) is 1.12. The summed E-state index contributed by atoms with van der Waals surface area (Å²) in [7, 11) is 3.06. The average Bonchev–Trinajstić information content (AvgIpc) is 2.37. The van der Waals surface area contributed by atoms with Crippen molar-refractivity contribution in [1.29, 1.82) is 0 Å². The Labute approximate surface area is 123 Å². The van der Waals surface area contributed by atoms with Crippen molar-refractivity contribution < 1.29 is 14.2 Å². The molecule has 0 amide bonds. The van der Waals surface area contributed by atoms with Gasteiger partial charge in [0.05, 0.1) is 0 Å². The molecule has 17 heavy (non-hydrogen) atoms. The maximum atomic E-state index is 5.78. The van der Waals surface area contributed by atoms with Crippen LogP contribution in [0.25, 0.3) is 0 Å². The van der Waals surface area contributed by atoms with E-state index in [1.165, 1.54) is 14.2 Å². The van der Waals surface area contributed by atoms with Crippen molar-refractivity contribution in [2.24, 2.45) is 11.8 Å². The van der Waals surface area contributed by atoms with Gasteiger partial charge in [-0.2, -0.15) is 0 Å². The van der Waals surface area contributed by atoms with E-state index in [0.717, 1.165) is 0 Å². The minimum atomic E-state index is -0.538. The standard InChI is InChI=1S/C10H18Cl4O3/c1-15-9(7(3-11)4-12)17-10(16-2)8(5-13)6-14/h7-10H,3-6H2,1-2H3. The Morgan fingerprint density at radius 2 is 1.00 bits per heavy atom. The lowest BCUT2D eigenvalue weighted by molar-refractivity contribution is -0.255. The molecule has 0 aromatic heterocycles. The van der Waals surface area contributed by atoms with Crippen molar-refractivity contribution in [3.8, 4) is 0 Å². The first-order valence-electron chi connectivity index (χ1n) is 5.13. The number of methoxy groups -OCH3 is 2. The Kier molecular flexibility index (Phi) is 11.6. The first kappa shape index (κ1) is 18.0. The van der Waals surface area contributed by atoms with E-state index in [1.807, 2.05) is 0 Å². The van der Waals surface area contributed by atoms with Crippen molar-refractivity contribution in [2.75, 3.05) is 37.7 Å². The molecule has 0 N–H and O–H groups in total. The van der Waals surface area contributed by atoms with Crippen LogP contribution in [-0.4, -0.2) is 50.3 Å². The Bertz CT molecular complexity index is 159. The van der Waals surface area contributed by atoms with Crippen LogP contribution in [0.3, 0.4) is 0 Å². The predicted molar refractivity (Wildman–Crippen MR) is 72.5 cm³/mol. The van der Waals surface area contributed by atoms with Gasteiger partial charge in [0.25, 0.3) is 0 Å². The van der Waals surface area contributed by atoms with E-state index >= 15 is 0 Å². The van der Waals surface area contributed by atoms with Gasteiger partial charge in [0.1, 0.15) is 0 Å². The van der Waals surface area contributed by atoms with E-state index in [2.05, 4.69) is 0 Å². The minimum absolute atomic E-state index is 0.118. The minimum Gasteiger partial charge on any atom is -0.355 e. The molecule has 0 aliphatic rings. The van der Waals surface area contributed by atoms with E-state index in [4.69, 9.17) is 60.6 Å². The van der Waals surface area contributed by atoms with Crippen LogP contribution >= 0.6 is 46.4 Å². The van der Waals surface area contributed by atoms with E-state index in [-0.39, 0.29) is 11.8 Å². The monoisotopic (exact) mass is 326 g/mol. The van der Waals surface area contributed by atoms with Crippen LogP contribution in [0.5, 0.6) is 0 Å². The van der Waals surface area contributed by atoms with Gasteiger partial charge in [-0.25, -0.2) is 0 Å². The Morgan fingerprint density at radius 1 is 0.706 bits per heavy atom. The highest BCUT2D eigenvalue weighted by molar-refractivity contribution is 6.21. The summed E-state index contributed by atoms with van der Waals surface area (Å²) < 4.78 is 16.1. The third kappa shape index (κ3) is 6.15. The molecule has 0 rings (SSSR count). The first-order chi connectivity index (χ1) is 8.18. The summed E-state index contributed by atoms with van der Waals surface area (Å²) in [6.07, 6.45) is -1.08. The number of hydrogen-bond acceptors (Lipinski definition) is 3. The van der Waals surface area contributed by atoms with Gasteiger partial charge in [0.2, 0.25) is 0 Å². The second-order valence-electron chi connectivity index (χ2n) is 3.48. The summed E-state index contributed by atoms with van der Waals surface area (Å²) in [4.78, 5) is 0. The molecule has 0 heterocycles. The van der Waals surface area contributed by atoms with Crippen LogP contribution in [0.4, 0.5) is 0 Å². The van der Waals surface area contributed by atoms with Crippen molar-refractivity contribution in [1.82, 2.24) is 0 Å². The van der Waals surface area contributed by atoms with E-state index in [1.54, 1.807) is 0 Å². The third-order valence-corrected chi connectivity index (χ3v) is 3.88. The van der Waals surface area contributed by atoms with Crippen LogP contribution < -0.4 is 0 Å². The maximum absolute atomic E-state index is 5.78. The quantitative estimate of drug-likeness (QED) is 0.456. The van der Waals surface area contributed by atoms with E-state index in [0.29, 0.717) is 23.5 Å². The summed E-state index contributed by atoms with van der Waals surface area (Å²) in [6.45, 7) is 0. The molecule has 0 fully saturated rings. The molecule has 0 bridgehead atoms. The molecule has 3 nitrogen and oxygen atoms in total. The van der Waals surface area contributed by atoms with Crippen molar-refractivity contribution >= 4 is 46.4 Å². The normalized spacial score (nSPS) is 15.5. The molecule has 2 unspecified atom stereocenters. The lowest BCUT2D eigenvalue weighted by Crippen LogP contribution is -2.38. The average molecular weight is 328 g/mol. The lowest BCUT2D eigenvalue weighted by Gasteiger charge is -2.30. The summed E-state index contributed by atoms with van der Waals surface area (Å²) in [5.41, 5.74) is 0. The predicted octanol–water partition coefficient (Wildman–Crippen LogP) is 3.14. The number of rotatable bonds is 10. The molecule has 0 aliphatic carbocycles. The molecular weight excluding hydrogens is 310 g/mol. The van der Waals surface area contributed by atoms with Gasteiger partial charge in [0.15, 0.2) is 12.6 Å². The maximum Gasteiger partial charge on any atom is 0.165 e. The Hall–Kier alpha value is 1.04. The SMILES string of the molecule is COC(OC(OC)C(CCl)CCl)C(CCl)CCl. The van der Waals surface area contributed by atoms with Crippen LogP contribution in [-0.2, 0) is 14.2 Å². The zero-order chi connectivity index (χ0) is 13.3. The fourth-order valence-electron chi connectivity index (χ4n) is 1.22. The van der Waals surface area contributed by atoms with Gasteiger partial charge in [0, 0.05) is 49.6 Å². The molecule has 0 aliphatic heterocycles. The number of ether oxygens (including phenoxy) is 3. The first-order valence-corrected chi connectivity index (χ1v) is 7.27. The van der Waals surface area contributed by atoms with Gasteiger partial charge in [-0.05, 0) is 0 Å². The molecule has 2 atom stereocenters. The summed E-state index contributed by atoms with van der Waals surface area (Å²) >= 11 is 23.1. The molecular formula is C10H18Cl4O3. The molecule has 0 aromatic rings. The smallest absolute Gasteiger partial charge is 0.165 e. The van der Waals surface area contributed by atoms with Gasteiger partial charge in [-0.1, -0.05) is 0 Å². The molecule has 0 spiro atoms. The zero-order valence-corrected chi connectivity index (χ0v) is 12.9. The highest BCUT2D eigenvalue weighted by Crippen LogP contribution is 2.20. The second kappa shape index (κ2) is 10.9. The molecule has 104 valence electrons. The summed E-state index contributed by atoms with van der Waals surface area (Å²) in [6, 6.07) is 0. The highest BCUT2D eigenvalue weighted by atomic mass is 35.5. The lowest BCUT2D eigenvalue weighted by atomic mass is 10.2. The van der Waals surface area contributed by atoms with Crippen LogP contribution in [0.2, 0.25) is 0 Å². The van der Waals surface area contributed by atoms with Crippen molar-refractivity contribution in [3.63, 3.8) is 0 Å². The van der Waals surface area contributed by atoms with Crippen molar-refractivity contribution in [3.05, 3.63) is 0 Å². The Morgan fingerprint density at radius 3 is 1.18 bits per heavy atom. The third-order valence-electron chi connectivity index (χ3n) is 2.30. The van der Waals surface area contributed by atoms with Crippen molar-refractivity contribution in [2.45, 2.75) is 12.6 Å². The van der Waals surface area contributed by atoms with E-state index in [9.17, 15) is 0 Å². The second-order valence-corrected chi connectivity index (χ2v) is 4.72. The van der Waals surface area contributed by atoms with Crippen LogP contribution in [0.1, 0.15) is 0 Å². The number of alkyl halides is 4. The molecule has 0 aromatic carbocycles. The largest absolute Gasteiger partial charge is 0.355 e. The molecule has 0 radical (unpaired) electrons. The zero-order valence-electron chi connectivity index (χ0n) is 9.87. The van der Waals surface area contributed by atoms with Gasteiger partial charge < -0.3 is 14.2 Å². The fraction of sp³-hybridized carbons (Fsp3) is 1.00. The number of hydrogen-bond donors (Lipinski definition) is 0. The summed E-state index contributed by atoms with van der Waals surface area (Å²) in [5, 5.41) is 0. The van der Waals surface area contributed by atoms with Gasteiger partial charge >= 0.3 is 0 Å². The van der Waals surface area contributed by atoms with Gasteiger partial charge in [-0.3, -0.25) is 0 Å².